The van der Waals surface area contributed by atoms with Crippen molar-refractivity contribution in [2.75, 3.05) is 0 Å². The van der Waals surface area contributed by atoms with E-state index in [0.717, 1.165) is 16.5 Å². The molecule has 2 heterocycles. The van der Waals surface area contributed by atoms with Crippen LogP contribution in [0.15, 0.2) is 33.5 Å². The Hall–Kier alpha value is -2.32. The number of rotatable bonds is 4. The fourth-order valence-electron chi connectivity index (χ4n) is 2.53. The molecule has 0 bridgehead atoms. The molecule has 0 aliphatic carbocycles. The van der Waals surface area contributed by atoms with Crippen molar-refractivity contribution >= 4 is 49.5 Å². The van der Waals surface area contributed by atoms with Crippen molar-refractivity contribution in [2.45, 2.75) is 26.9 Å². The number of aromatic nitrogens is 2. The smallest absolute Gasteiger partial charge is 0.331 e. The molecule has 140 valence electrons. The molecule has 0 aliphatic heterocycles. The van der Waals surface area contributed by atoms with E-state index in [4.69, 9.17) is 4.74 Å². The van der Waals surface area contributed by atoms with Crippen molar-refractivity contribution in [3.63, 3.8) is 0 Å². The molecule has 1 atom stereocenters. The Kier molecular flexibility index (Phi) is 5.57. The van der Waals surface area contributed by atoms with Crippen molar-refractivity contribution in [3.05, 3.63) is 66.7 Å². The molecule has 5 nitrogen and oxygen atoms in total. The standard InChI is InChI=1S/C19H16BrFN2O3S/c1-9-11(3)27-19-16(9)18(25)22-17(23-19)10(2)26-15(24)7-4-12-8-13(20)5-6-14(12)21/h4-8,10H,1-3H3,(H,22,23,25)/b7-4+. The van der Waals surface area contributed by atoms with Gasteiger partial charge in [0.15, 0.2) is 11.9 Å². The van der Waals surface area contributed by atoms with E-state index in [1.165, 1.54) is 23.5 Å². The van der Waals surface area contributed by atoms with Crippen LogP contribution in [-0.4, -0.2) is 15.9 Å². The number of hydrogen-bond donors (Lipinski definition) is 1. The molecule has 1 aromatic carbocycles. The van der Waals surface area contributed by atoms with E-state index < -0.39 is 17.9 Å². The van der Waals surface area contributed by atoms with Gasteiger partial charge in [-0.05, 0) is 50.6 Å². The Balaban J connectivity index is 1.78. The van der Waals surface area contributed by atoms with Gasteiger partial charge >= 0.3 is 5.97 Å². The number of H-pyrrole nitrogens is 1. The number of carbonyl (C=O) groups excluding carboxylic acids is 1. The lowest BCUT2D eigenvalue weighted by Gasteiger charge is -2.11. The van der Waals surface area contributed by atoms with Crippen molar-refractivity contribution in [2.24, 2.45) is 0 Å². The fourth-order valence-corrected chi connectivity index (χ4v) is 3.95. The first-order chi connectivity index (χ1) is 12.8. The topological polar surface area (TPSA) is 72.0 Å². The number of fused-ring (bicyclic) bond motifs is 1. The number of esters is 1. The summed E-state index contributed by atoms with van der Waals surface area (Å²) in [6.45, 7) is 5.42. The number of ether oxygens (including phenoxy) is 1. The highest BCUT2D eigenvalue weighted by Gasteiger charge is 2.17. The molecule has 0 saturated carbocycles. The minimum absolute atomic E-state index is 0.256. The summed E-state index contributed by atoms with van der Waals surface area (Å²) in [5, 5.41) is 0.560. The summed E-state index contributed by atoms with van der Waals surface area (Å²) in [5.74, 6) is -0.845. The molecule has 3 rings (SSSR count). The molecule has 0 saturated heterocycles. The van der Waals surface area contributed by atoms with Crippen LogP contribution >= 0.6 is 27.3 Å². The Labute approximate surface area is 167 Å². The van der Waals surface area contributed by atoms with Gasteiger partial charge in [0.2, 0.25) is 0 Å². The summed E-state index contributed by atoms with van der Waals surface area (Å²) >= 11 is 4.67. The molecule has 0 radical (unpaired) electrons. The number of benzene rings is 1. The predicted molar refractivity (Wildman–Crippen MR) is 107 cm³/mol. The molecule has 0 fully saturated rings. The summed E-state index contributed by atoms with van der Waals surface area (Å²) < 4.78 is 19.7. The number of halogens is 2. The highest BCUT2D eigenvalue weighted by atomic mass is 79.9. The average molecular weight is 451 g/mol. The van der Waals surface area contributed by atoms with E-state index in [-0.39, 0.29) is 16.9 Å². The lowest BCUT2D eigenvalue weighted by molar-refractivity contribution is -0.142. The maximum absolute atomic E-state index is 13.7. The second-order valence-electron chi connectivity index (χ2n) is 5.99. The number of aromatic amines is 1. The first-order valence-corrected chi connectivity index (χ1v) is 9.71. The van der Waals surface area contributed by atoms with Crippen molar-refractivity contribution in [3.8, 4) is 0 Å². The van der Waals surface area contributed by atoms with Gasteiger partial charge in [-0.2, -0.15) is 0 Å². The highest BCUT2D eigenvalue weighted by Crippen LogP contribution is 2.27. The number of nitrogens with one attached hydrogen (secondary N) is 1. The van der Waals surface area contributed by atoms with Gasteiger partial charge in [-0.1, -0.05) is 15.9 Å². The van der Waals surface area contributed by atoms with Gasteiger partial charge in [-0.25, -0.2) is 14.2 Å². The van der Waals surface area contributed by atoms with E-state index in [1.807, 2.05) is 13.8 Å². The summed E-state index contributed by atoms with van der Waals surface area (Å²) in [6.07, 6.45) is 1.71. The largest absolute Gasteiger partial charge is 0.451 e. The minimum atomic E-state index is -0.755. The van der Waals surface area contributed by atoms with Crippen LogP contribution in [0.25, 0.3) is 16.3 Å². The van der Waals surface area contributed by atoms with E-state index in [2.05, 4.69) is 25.9 Å². The summed E-state index contributed by atoms with van der Waals surface area (Å²) in [7, 11) is 0. The molecule has 2 aromatic heterocycles. The number of aryl methyl sites for hydroxylation is 2. The van der Waals surface area contributed by atoms with Crippen LogP contribution in [0.2, 0.25) is 0 Å². The molecule has 0 spiro atoms. The van der Waals surface area contributed by atoms with Crippen LogP contribution in [0.4, 0.5) is 4.39 Å². The van der Waals surface area contributed by atoms with Crippen LogP contribution in [0.1, 0.15) is 34.9 Å². The van der Waals surface area contributed by atoms with E-state index in [1.54, 1.807) is 19.1 Å². The zero-order chi connectivity index (χ0) is 19.7. The third-order valence-electron chi connectivity index (χ3n) is 4.09. The van der Waals surface area contributed by atoms with Crippen molar-refractivity contribution < 1.29 is 13.9 Å². The summed E-state index contributed by atoms with van der Waals surface area (Å²) in [5.41, 5.74) is 0.900. The van der Waals surface area contributed by atoms with Gasteiger partial charge in [0.05, 0.1) is 5.39 Å². The van der Waals surface area contributed by atoms with E-state index >= 15 is 0 Å². The number of thiophene rings is 1. The lowest BCUT2D eigenvalue weighted by atomic mass is 10.2. The van der Waals surface area contributed by atoms with Crippen LogP contribution in [-0.2, 0) is 9.53 Å². The second kappa shape index (κ2) is 7.74. The molecule has 3 aromatic rings. The van der Waals surface area contributed by atoms with E-state index in [0.29, 0.717) is 14.7 Å². The number of hydrogen-bond acceptors (Lipinski definition) is 5. The van der Waals surface area contributed by atoms with Crippen LogP contribution in [0, 0.1) is 19.7 Å². The average Bonchev–Trinajstić information content (AvgIpc) is 2.90. The van der Waals surface area contributed by atoms with Crippen LogP contribution in [0.5, 0.6) is 0 Å². The summed E-state index contributed by atoms with van der Waals surface area (Å²) in [4.78, 5) is 33.1. The first kappa shape index (κ1) is 19.4. The van der Waals surface area contributed by atoms with Crippen molar-refractivity contribution in [1.29, 1.82) is 0 Å². The van der Waals surface area contributed by atoms with Crippen molar-refractivity contribution in [1.82, 2.24) is 9.97 Å². The van der Waals surface area contributed by atoms with Gasteiger partial charge in [0.1, 0.15) is 10.6 Å². The molecule has 0 aliphatic rings. The minimum Gasteiger partial charge on any atom is -0.451 e. The molecule has 1 N–H and O–H groups in total. The monoisotopic (exact) mass is 450 g/mol. The SMILES string of the molecule is Cc1sc2nc(C(C)OC(=O)/C=C/c3cc(Br)ccc3F)[nH]c(=O)c2c1C. The Morgan fingerprint density at radius 3 is 2.89 bits per heavy atom. The highest BCUT2D eigenvalue weighted by molar-refractivity contribution is 9.10. The fraction of sp³-hybridized carbons (Fsp3) is 0.211. The molecule has 1 unspecified atom stereocenters. The second-order valence-corrected chi connectivity index (χ2v) is 8.11. The van der Waals surface area contributed by atoms with Gasteiger partial charge in [-0.3, -0.25) is 4.79 Å². The zero-order valence-electron chi connectivity index (χ0n) is 14.8. The molecule has 27 heavy (non-hydrogen) atoms. The Morgan fingerprint density at radius 2 is 2.15 bits per heavy atom. The third-order valence-corrected chi connectivity index (χ3v) is 5.69. The Bertz CT molecular complexity index is 1120. The molecular formula is C19H16BrFN2O3S. The zero-order valence-corrected chi connectivity index (χ0v) is 17.2. The van der Waals surface area contributed by atoms with Gasteiger partial charge in [0, 0.05) is 21.0 Å². The molecule has 8 heteroatoms. The van der Waals surface area contributed by atoms with Gasteiger partial charge < -0.3 is 9.72 Å². The maximum Gasteiger partial charge on any atom is 0.331 e. The Morgan fingerprint density at radius 1 is 1.41 bits per heavy atom. The molecular weight excluding hydrogens is 435 g/mol. The summed E-state index contributed by atoms with van der Waals surface area (Å²) in [6, 6.07) is 4.42. The van der Waals surface area contributed by atoms with Gasteiger partial charge in [-0.15, -0.1) is 11.3 Å². The normalized spacial score (nSPS) is 12.6. The lowest BCUT2D eigenvalue weighted by Crippen LogP contribution is -2.16. The van der Waals surface area contributed by atoms with Gasteiger partial charge in [0.25, 0.3) is 5.56 Å². The molecule has 0 amide bonds. The predicted octanol–water partition coefficient (Wildman–Crippen LogP) is 4.82. The first-order valence-electron chi connectivity index (χ1n) is 8.10. The third kappa shape index (κ3) is 4.17. The van der Waals surface area contributed by atoms with E-state index in [9.17, 15) is 14.0 Å². The maximum atomic E-state index is 13.7. The van der Waals surface area contributed by atoms with Crippen LogP contribution in [0.3, 0.4) is 0 Å². The quantitative estimate of drug-likeness (QED) is 0.456. The number of carbonyl (C=O) groups is 1. The number of nitrogens with zero attached hydrogens (tertiary/aromatic N) is 1. The van der Waals surface area contributed by atoms with Crippen LogP contribution < -0.4 is 5.56 Å².